The molecule has 0 radical (unpaired) electrons. The predicted molar refractivity (Wildman–Crippen MR) is 62.0 cm³/mol. The molecule has 1 aromatic rings. The summed E-state index contributed by atoms with van der Waals surface area (Å²) in [4.78, 5) is 2.10. The molecule has 2 nitrogen and oxygen atoms in total. The summed E-state index contributed by atoms with van der Waals surface area (Å²) in [5.74, 6) is -0.124. The van der Waals surface area contributed by atoms with Crippen LogP contribution < -0.4 is 0 Å². The molecule has 0 fully saturated rings. The van der Waals surface area contributed by atoms with Gasteiger partial charge in [-0.15, -0.1) is 0 Å². The molecular formula is C13H18FNO. The van der Waals surface area contributed by atoms with Crippen molar-refractivity contribution in [3.05, 3.63) is 35.1 Å². The second-order valence-corrected chi connectivity index (χ2v) is 4.51. The number of fused-ring (bicyclic) bond motifs is 1. The maximum absolute atomic E-state index is 13.8. The Morgan fingerprint density at radius 3 is 3.00 bits per heavy atom. The van der Waals surface area contributed by atoms with Gasteiger partial charge < -0.3 is 9.64 Å². The second kappa shape index (κ2) is 4.93. The Morgan fingerprint density at radius 1 is 1.44 bits per heavy atom. The highest BCUT2D eigenvalue weighted by molar-refractivity contribution is 5.32. The van der Waals surface area contributed by atoms with Crippen molar-refractivity contribution in [1.82, 2.24) is 4.90 Å². The molecule has 0 unspecified atom stereocenters. The van der Waals surface area contributed by atoms with Crippen molar-refractivity contribution < 1.29 is 9.13 Å². The smallest absolute Gasteiger partial charge is 0.129 e. The topological polar surface area (TPSA) is 12.5 Å². The summed E-state index contributed by atoms with van der Waals surface area (Å²) in [5, 5.41) is 0. The highest BCUT2D eigenvalue weighted by Gasteiger charge is 2.23. The van der Waals surface area contributed by atoms with Gasteiger partial charge in [0.15, 0.2) is 0 Å². The Balaban J connectivity index is 2.18. The van der Waals surface area contributed by atoms with E-state index in [2.05, 4.69) is 4.90 Å². The largest absolute Gasteiger partial charge is 0.373 e. The van der Waals surface area contributed by atoms with Gasteiger partial charge in [-0.25, -0.2) is 4.39 Å². The molecule has 1 heterocycles. The summed E-state index contributed by atoms with van der Waals surface area (Å²) in [6, 6.07) is 5.31. The molecule has 0 saturated heterocycles. The molecule has 0 amide bonds. The number of halogens is 1. The van der Waals surface area contributed by atoms with Crippen molar-refractivity contribution in [2.75, 3.05) is 27.2 Å². The molecule has 16 heavy (non-hydrogen) atoms. The third kappa shape index (κ3) is 2.42. The molecule has 1 aliphatic rings. The third-order valence-electron chi connectivity index (χ3n) is 2.99. The second-order valence-electron chi connectivity index (χ2n) is 4.51. The van der Waals surface area contributed by atoms with Crippen molar-refractivity contribution in [2.24, 2.45) is 0 Å². The van der Waals surface area contributed by atoms with Crippen LogP contribution in [0.5, 0.6) is 0 Å². The minimum atomic E-state index is -0.124. The first-order valence-electron chi connectivity index (χ1n) is 5.72. The standard InChI is InChI=1S/C13H18FNO/c1-15(2)8-6-12-13-10(7-9-16-12)4-3-5-11(13)14/h3-5,12H,6-9H2,1-2H3/t12-/m0/s1. The van der Waals surface area contributed by atoms with Crippen LogP contribution in [0.4, 0.5) is 4.39 Å². The molecule has 1 aliphatic heterocycles. The van der Waals surface area contributed by atoms with Gasteiger partial charge in [0.05, 0.1) is 12.7 Å². The molecule has 2 rings (SSSR count). The van der Waals surface area contributed by atoms with E-state index in [-0.39, 0.29) is 11.9 Å². The lowest BCUT2D eigenvalue weighted by Gasteiger charge is -2.27. The Morgan fingerprint density at radius 2 is 2.25 bits per heavy atom. The van der Waals surface area contributed by atoms with Crippen LogP contribution in [-0.2, 0) is 11.2 Å². The summed E-state index contributed by atoms with van der Waals surface area (Å²) in [5.41, 5.74) is 1.88. The first-order valence-corrected chi connectivity index (χ1v) is 5.72. The summed E-state index contributed by atoms with van der Waals surface area (Å²) in [7, 11) is 4.04. The van der Waals surface area contributed by atoms with E-state index in [0.29, 0.717) is 6.61 Å². The summed E-state index contributed by atoms with van der Waals surface area (Å²) in [6.07, 6.45) is 1.60. The summed E-state index contributed by atoms with van der Waals surface area (Å²) in [6.45, 7) is 1.62. The van der Waals surface area contributed by atoms with E-state index in [4.69, 9.17) is 4.74 Å². The summed E-state index contributed by atoms with van der Waals surface area (Å²) >= 11 is 0. The number of hydrogen-bond acceptors (Lipinski definition) is 2. The quantitative estimate of drug-likeness (QED) is 0.780. The Bertz CT molecular complexity index is 365. The minimum absolute atomic E-state index is 0.0765. The zero-order valence-electron chi connectivity index (χ0n) is 9.87. The van der Waals surface area contributed by atoms with Crippen LogP contribution in [0.2, 0.25) is 0 Å². The molecule has 0 spiro atoms. The SMILES string of the molecule is CN(C)CC[C@@H]1OCCc2cccc(F)c21. The van der Waals surface area contributed by atoms with E-state index in [1.165, 1.54) is 6.07 Å². The van der Waals surface area contributed by atoms with E-state index < -0.39 is 0 Å². The van der Waals surface area contributed by atoms with Crippen molar-refractivity contribution in [1.29, 1.82) is 0 Å². The normalized spacial score (nSPS) is 19.9. The Hall–Kier alpha value is -0.930. The molecule has 3 heteroatoms. The minimum Gasteiger partial charge on any atom is -0.373 e. The van der Waals surface area contributed by atoms with Gasteiger partial charge in [0.25, 0.3) is 0 Å². The average molecular weight is 223 g/mol. The third-order valence-corrected chi connectivity index (χ3v) is 2.99. The van der Waals surface area contributed by atoms with Crippen LogP contribution in [0.3, 0.4) is 0 Å². The maximum Gasteiger partial charge on any atom is 0.129 e. The molecule has 0 N–H and O–H groups in total. The first kappa shape index (κ1) is 11.6. The fraction of sp³-hybridized carbons (Fsp3) is 0.538. The molecule has 1 atom stereocenters. The number of hydrogen-bond donors (Lipinski definition) is 0. The van der Waals surface area contributed by atoms with E-state index in [1.54, 1.807) is 6.07 Å². The van der Waals surface area contributed by atoms with Gasteiger partial charge in [-0.1, -0.05) is 12.1 Å². The summed E-state index contributed by atoms with van der Waals surface area (Å²) < 4.78 is 19.4. The van der Waals surface area contributed by atoms with Gasteiger partial charge in [0.2, 0.25) is 0 Å². The maximum atomic E-state index is 13.8. The van der Waals surface area contributed by atoms with Gasteiger partial charge in [-0.3, -0.25) is 0 Å². The molecule has 0 aromatic heterocycles. The highest BCUT2D eigenvalue weighted by Crippen LogP contribution is 2.31. The van der Waals surface area contributed by atoms with Crippen molar-refractivity contribution >= 4 is 0 Å². The van der Waals surface area contributed by atoms with E-state index in [1.807, 2.05) is 20.2 Å². The van der Waals surface area contributed by atoms with Crippen molar-refractivity contribution in [3.63, 3.8) is 0 Å². The van der Waals surface area contributed by atoms with Crippen molar-refractivity contribution in [2.45, 2.75) is 18.9 Å². The lowest BCUT2D eigenvalue weighted by atomic mass is 9.95. The van der Waals surface area contributed by atoms with Gasteiger partial charge in [-0.05, 0) is 38.6 Å². The van der Waals surface area contributed by atoms with E-state index >= 15 is 0 Å². The van der Waals surface area contributed by atoms with Crippen LogP contribution in [0.15, 0.2) is 18.2 Å². The Labute approximate surface area is 96.0 Å². The molecule has 0 bridgehead atoms. The lowest BCUT2D eigenvalue weighted by Crippen LogP contribution is -2.22. The first-order chi connectivity index (χ1) is 7.68. The fourth-order valence-electron chi connectivity index (χ4n) is 2.16. The van der Waals surface area contributed by atoms with Crippen LogP contribution in [-0.4, -0.2) is 32.1 Å². The molecule has 88 valence electrons. The van der Waals surface area contributed by atoms with Gasteiger partial charge in [0.1, 0.15) is 5.82 Å². The molecule has 0 aliphatic carbocycles. The number of ether oxygens (including phenoxy) is 1. The molecule has 0 saturated carbocycles. The number of rotatable bonds is 3. The zero-order valence-corrected chi connectivity index (χ0v) is 9.87. The number of nitrogens with zero attached hydrogens (tertiary/aromatic N) is 1. The van der Waals surface area contributed by atoms with Crippen LogP contribution in [0, 0.1) is 5.82 Å². The van der Waals surface area contributed by atoms with E-state index in [9.17, 15) is 4.39 Å². The Kier molecular flexibility index (Phi) is 3.56. The number of benzene rings is 1. The van der Waals surface area contributed by atoms with Gasteiger partial charge in [-0.2, -0.15) is 0 Å². The van der Waals surface area contributed by atoms with Crippen LogP contribution in [0.1, 0.15) is 23.7 Å². The van der Waals surface area contributed by atoms with Crippen LogP contribution >= 0.6 is 0 Å². The average Bonchev–Trinajstić information content (AvgIpc) is 2.26. The lowest BCUT2D eigenvalue weighted by molar-refractivity contribution is 0.0295. The predicted octanol–water partition coefficient (Wildman–Crippen LogP) is 2.39. The van der Waals surface area contributed by atoms with Gasteiger partial charge in [0, 0.05) is 12.1 Å². The van der Waals surface area contributed by atoms with Crippen LogP contribution in [0.25, 0.3) is 0 Å². The monoisotopic (exact) mass is 223 g/mol. The fourth-order valence-corrected chi connectivity index (χ4v) is 2.16. The van der Waals surface area contributed by atoms with Crippen molar-refractivity contribution in [3.8, 4) is 0 Å². The highest BCUT2D eigenvalue weighted by atomic mass is 19.1. The van der Waals surface area contributed by atoms with E-state index in [0.717, 1.165) is 30.5 Å². The zero-order chi connectivity index (χ0) is 11.5. The molecular weight excluding hydrogens is 205 g/mol. The molecule has 1 aromatic carbocycles. The van der Waals surface area contributed by atoms with Gasteiger partial charge >= 0.3 is 0 Å².